The van der Waals surface area contributed by atoms with Gasteiger partial charge in [-0.3, -0.25) is 14.9 Å². The number of anilines is 1. The third-order valence-electron chi connectivity index (χ3n) is 4.00. The molecule has 2 aliphatic rings. The van der Waals surface area contributed by atoms with Crippen LogP contribution in [0, 0.1) is 5.92 Å². The molecule has 1 aliphatic heterocycles. The molecule has 0 radical (unpaired) electrons. The topological polar surface area (TPSA) is 87.3 Å². The number of carbonyl (C=O) groups excluding carboxylic acids is 3. The summed E-state index contributed by atoms with van der Waals surface area (Å²) in [7, 11) is 0. The van der Waals surface area contributed by atoms with Gasteiger partial charge in [-0.2, -0.15) is 0 Å². The molecule has 0 bridgehead atoms. The summed E-state index contributed by atoms with van der Waals surface area (Å²) in [5.74, 6) is -0.0727. The molecule has 1 unspecified atom stereocenters. The Balaban J connectivity index is 1.64. The molecule has 1 saturated heterocycles. The van der Waals surface area contributed by atoms with Gasteiger partial charge in [0.05, 0.1) is 12.5 Å². The Labute approximate surface area is 122 Å². The van der Waals surface area contributed by atoms with Gasteiger partial charge in [0.25, 0.3) is 0 Å². The first-order chi connectivity index (χ1) is 10.1. The maximum Gasteiger partial charge on any atom is 0.321 e. The predicted molar refractivity (Wildman–Crippen MR) is 76.4 cm³/mol. The zero-order chi connectivity index (χ0) is 14.8. The molecule has 1 saturated carbocycles. The number of imide groups is 1. The number of amides is 4. The van der Waals surface area contributed by atoms with Crippen molar-refractivity contribution in [2.45, 2.75) is 31.7 Å². The van der Waals surface area contributed by atoms with Crippen LogP contribution < -0.4 is 16.0 Å². The zero-order valence-electron chi connectivity index (χ0n) is 11.5. The minimum absolute atomic E-state index is 0.0688. The Morgan fingerprint density at radius 1 is 1.14 bits per heavy atom. The number of carbonyl (C=O) groups is 3. The van der Waals surface area contributed by atoms with Crippen LogP contribution in [-0.4, -0.2) is 17.8 Å². The van der Waals surface area contributed by atoms with Crippen molar-refractivity contribution in [2.24, 2.45) is 5.92 Å². The summed E-state index contributed by atoms with van der Waals surface area (Å²) in [5.41, 5.74) is 1.59. The van der Waals surface area contributed by atoms with Gasteiger partial charge >= 0.3 is 6.03 Å². The number of hydrogen-bond donors (Lipinski definition) is 3. The van der Waals surface area contributed by atoms with Crippen LogP contribution in [0.1, 0.15) is 37.3 Å². The first-order valence-electron chi connectivity index (χ1n) is 7.13. The Bertz CT molecular complexity index is 562. The second-order valence-electron chi connectivity index (χ2n) is 5.52. The van der Waals surface area contributed by atoms with Crippen molar-refractivity contribution in [2.75, 3.05) is 5.32 Å². The largest absolute Gasteiger partial charge is 0.330 e. The minimum Gasteiger partial charge on any atom is -0.330 e. The summed E-state index contributed by atoms with van der Waals surface area (Å²) in [6, 6.07) is 6.44. The van der Waals surface area contributed by atoms with Crippen LogP contribution in [0.4, 0.5) is 10.5 Å². The number of nitrogens with one attached hydrogen (secondary N) is 3. The van der Waals surface area contributed by atoms with Gasteiger partial charge in [-0.05, 0) is 30.5 Å². The molecule has 1 aromatic carbocycles. The standard InChI is InChI=1S/C15H17N3O3/c19-13-8-12(17-15(21)18-13)9-4-6-11(7-5-9)16-14(20)10-2-1-3-10/h4-7,10,12H,1-3,8H2,(H,16,20)(H2,17,18,19,21). The lowest BCUT2D eigenvalue weighted by molar-refractivity contribution is -0.122. The van der Waals surface area contributed by atoms with Gasteiger partial charge < -0.3 is 10.6 Å². The van der Waals surface area contributed by atoms with E-state index in [2.05, 4.69) is 16.0 Å². The predicted octanol–water partition coefficient (Wildman–Crippen LogP) is 1.70. The molecule has 3 N–H and O–H groups in total. The Hall–Kier alpha value is -2.37. The lowest BCUT2D eigenvalue weighted by Gasteiger charge is -2.25. The van der Waals surface area contributed by atoms with Crippen molar-refractivity contribution in [3.05, 3.63) is 29.8 Å². The molecule has 110 valence electrons. The van der Waals surface area contributed by atoms with E-state index in [0.29, 0.717) is 0 Å². The van der Waals surface area contributed by atoms with Crippen LogP contribution >= 0.6 is 0 Å². The Morgan fingerprint density at radius 2 is 1.86 bits per heavy atom. The van der Waals surface area contributed by atoms with Crippen molar-refractivity contribution in [1.82, 2.24) is 10.6 Å². The lowest BCUT2D eigenvalue weighted by Crippen LogP contribution is -2.48. The van der Waals surface area contributed by atoms with Crippen LogP contribution in [0.25, 0.3) is 0 Å². The first-order valence-corrected chi connectivity index (χ1v) is 7.13. The second-order valence-corrected chi connectivity index (χ2v) is 5.52. The van der Waals surface area contributed by atoms with Gasteiger partial charge in [-0.15, -0.1) is 0 Å². The van der Waals surface area contributed by atoms with Crippen molar-refractivity contribution in [1.29, 1.82) is 0 Å². The summed E-state index contributed by atoms with van der Waals surface area (Å²) in [6.45, 7) is 0. The smallest absolute Gasteiger partial charge is 0.321 e. The van der Waals surface area contributed by atoms with Crippen LogP contribution in [0.5, 0.6) is 0 Å². The highest BCUT2D eigenvalue weighted by atomic mass is 16.2. The van der Waals surface area contributed by atoms with E-state index >= 15 is 0 Å². The second kappa shape index (κ2) is 5.55. The normalized spacial score (nSPS) is 22.0. The van der Waals surface area contributed by atoms with Crippen molar-refractivity contribution in [3.63, 3.8) is 0 Å². The molecule has 1 aliphatic carbocycles. The fourth-order valence-electron chi connectivity index (χ4n) is 2.52. The molecular formula is C15H17N3O3. The van der Waals surface area contributed by atoms with Gasteiger partial charge in [0, 0.05) is 11.6 Å². The van der Waals surface area contributed by atoms with Crippen LogP contribution in [0.3, 0.4) is 0 Å². The van der Waals surface area contributed by atoms with Gasteiger partial charge in [-0.25, -0.2) is 4.79 Å². The fraction of sp³-hybridized carbons (Fsp3) is 0.400. The van der Waals surface area contributed by atoms with E-state index in [-0.39, 0.29) is 30.2 Å². The molecule has 21 heavy (non-hydrogen) atoms. The number of urea groups is 1. The maximum atomic E-state index is 11.8. The molecule has 4 amide bonds. The molecular weight excluding hydrogens is 270 g/mol. The highest BCUT2D eigenvalue weighted by Gasteiger charge is 2.26. The zero-order valence-corrected chi connectivity index (χ0v) is 11.5. The molecule has 0 spiro atoms. The van der Waals surface area contributed by atoms with Crippen LogP contribution in [0.15, 0.2) is 24.3 Å². The summed E-state index contributed by atoms with van der Waals surface area (Å²) in [5, 5.41) is 7.78. The molecule has 1 aromatic rings. The maximum absolute atomic E-state index is 11.8. The van der Waals surface area contributed by atoms with Crippen LogP contribution in [-0.2, 0) is 9.59 Å². The molecule has 6 nitrogen and oxygen atoms in total. The van der Waals surface area contributed by atoms with Gasteiger partial charge in [0.15, 0.2) is 0 Å². The number of rotatable bonds is 3. The SMILES string of the molecule is O=C1CC(c2ccc(NC(=O)C3CCC3)cc2)NC(=O)N1. The first kappa shape index (κ1) is 13.6. The van der Waals surface area contributed by atoms with E-state index in [9.17, 15) is 14.4 Å². The number of benzene rings is 1. The fourth-order valence-corrected chi connectivity index (χ4v) is 2.52. The summed E-state index contributed by atoms with van der Waals surface area (Å²) in [4.78, 5) is 34.5. The minimum atomic E-state index is -0.474. The summed E-state index contributed by atoms with van der Waals surface area (Å²) in [6.07, 6.45) is 3.28. The van der Waals surface area contributed by atoms with E-state index in [1.54, 1.807) is 12.1 Å². The third-order valence-corrected chi connectivity index (χ3v) is 4.00. The van der Waals surface area contributed by atoms with E-state index in [1.807, 2.05) is 12.1 Å². The van der Waals surface area contributed by atoms with Gasteiger partial charge in [0.1, 0.15) is 0 Å². The van der Waals surface area contributed by atoms with E-state index < -0.39 is 6.03 Å². The highest BCUT2D eigenvalue weighted by Crippen LogP contribution is 2.28. The Kier molecular flexibility index (Phi) is 3.60. The average molecular weight is 287 g/mol. The molecule has 0 aromatic heterocycles. The summed E-state index contributed by atoms with van der Waals surface area (Å²) < 4.78 is 0. The van der Waals surface area contributed by atoms with Gasteiger partial charge in [0.2, 0.25) is 11.8 Å². The van der Waals surface area contributed by atoms with Crippen molar-refractivity contribution >= 4 is 23.5 Å². The van der Waals surface area contributed by atoms with Gasteiger partial charge in [-0.1, -0.05) is 18.6 Å². The molecule has 3 rings (SSSR count). The van der Waals surface area contributed by atoms with E-state index in [4.69, 9.17) is 0 Å². The van der Waals surface area contributed by atoms with Crippen molar-refractivity contribution in [3.8, 4) is 0 Å². The molecule has 1 heterocycles. The van der Waals surface area contributed by atoms with E-state index in [0.717, 1.165) is 30.5 Å². The third kappa shape index (κ3) is 3.04. The Morgan fingerprint density at radius 3 is 2.43 bits per heavy atom. The summed E-state index contributed by atoms with van der Waals surface area (Å²) >= 11 is 0. The molecule has 1 atom stereocenters. The van der Waals surface area contributed by atoms with Crippen molar-refractivity contribution < 1.29 is 14.4 Å². The number of hydrogen-bond acceptors (Lipinski definition) is 3. The van der Waals surface area contributed by atoms with E-state index in [1.165, 1.54) is 0 Å². The molecule has 6 heteroatoms. The molecule has 2 fully saturated rings. The quantitative estimate of drug-likeness (QED) is 0.790. The average Bonchev–Trinajstić information content (AvgIpc) is 2.36. The highest BCUT2D eigenvalue weighted by molar-refractivity contribution is 5.97. The lowest BCUT2D eigenvalue weighted by atomic mass is 9.85. The monoisotopic (exact) mass is 287 g/mol. The van der Waals surface area contributed by atoms with Crippen LogP contribution in [0.2, 0.25) is 0 Å².